The molecule has 1 rings (SSSR count). The van der Waals surface area contributed by atoms with Gasteiger partial charge in [0.2, 0.25) is 11.8 Å². The lowest BCUT2D eigenvalue weighted by atomic mass is 9.90. The van der Waals surface area contributed by atoms with Gasteiger partial charge in [0.1, 0.15) is 0 Å². The van der Waals surface area contributed by atoms with Crippen LogP contribution >= 0.6 is 0 Å². The van der Waals surface area contributed by atoms with Crippen LogP contribution in [0.2, 0.25) is 0 Å². The van der Waals surface area contributed by atoms with E-state index in [1.54, 1.807) is 6.92 Å². The second-order valence-corrected chi connectivity index (χ2v) is 4.76. The maximum atomic E-state index is 12.0. The Kier molecular flexibility index (Phi) is 4.29. The highest BCUT2D eigenvalue weighted by atomic mass is 16.2. The smallest absolute Gasteiger partial charge is 0.240 e. The lowest BCUT2D eigenvalue weighted by Crippen LogP contribution is -2.58. The summed E-state index contributed by atoms with van der Waals surface area (Å²) in [6.45, 7) is 4.56. The Morgan fingerprint density at radius 1 is 1.50 bits per heavy atom. The van der Waals surface area contributed by atoms with Crippen LogP contribution in [0.4, 0.5) is 0 Å². The van der Waals surface area contributed by atoms with Gasteiger partial charge in [-0.15, -0.1) is 0 Å². The van der Waals surface area contributed by atoms with Crippen molar-refractivity contribution in [1.82, 2.24) is 10.6 Å². The molecule has 0 saturated carbocycles. The normalized spacial score (nSPS) is 27.1. The second-order valence-electron chi connectivity index (χ2n) is 4.76. The summed E-state index contributed by atoms with van der Waals surface area (Å²) in [4.78, 5) is 22.7. The van der Waals surface area contributed by atoms with Gasteiger partial charge < -0.3 is 16.4 Å². The number of hydrogen-bond donors (Lipinski definition) is 3. The molecule has 0 bridgehead atoms. The van der Waals surface area contributed by atoms with E-state index in [0.29, 0.717) is 0 Å². The summed E-state index contributed by atoms with van der Waals surface area (Å²) in [6, 6.07) is -0.203. The standard InChI is InChI=1S/C11H21N3O2/c1-8(7-9(12)15)14-10(16)11(2)5-3-4-6-13-11/h8,13H,3-7H2,1-2H3,(H2,12,15)(H,14,16). The molecule has 2 unspecified atom stereocenters. The first kappa shape index (κ1) is 13.0. The van der Waals surface area contributed by atoms with E-state index in [2.05, 4.69) is 10.6 Å². The van der Waals surface area contributed by atoms with Crippen molar-refractivity contribution in [3.63, 3.8) is 0 Å². The number of nitrogens with two attached hydrogens (primary N) is 1. The molecular weight excluding hydrogens is 206 g/mol. The molecule has 0 aliphatic carbocycles. The minimum absolute atomic E-state index is 0.0408. The van der Waals surface area contributed by atoms with Crippen molar-refractivity contribution >= 4 is 11.8 Å². The molecule has 92 valence electrons. The molecule has 2 atom stereocenters. The fraction of sp³-hybridized carbons (Fsp3) is 0.818. The molecule has 5 nitrogen and oxygen atoms in total. The molecule has 1 aliphatic rings. The summed E-state index contributed by atoms with van der Waals surface area (Å²) in [5.74, 6) is -0.435. The third-order valence-electron chi connectivity index (χ3n) is 3.00. The summed E-state index contributed by atoms with van der Waals surface area (Å²) in [6.07, 6.45) is 3.19. The largest absolute Gasteiger partial charge is 0.370 e. The second kappa shape index (κ2) is 5.30. The summed E-state index contributed by atoms with van der Waals surface area (Å²) >= 11 is 0. The maximum absolute atomic E-state index is 12.0. The van der Waals surface area contributed by atoms with Crippen molar-refractivity contribution in [2.24, 2.45) is 5.73 Å². The van der Waals surface area contributed by atoms with E-state index in [9.17, 15) is 9.59 Å². The summed E-state index contributed by atoms with van der Waals surface area (Å²) in [7, 11) is 0. The number of rotatable bonds is 4. The van der Waals surface area contributed by atoms with E-state index in [1.807, 2.05) is 6.92 Å². The lowest BCUT2D eigenvalue weighted by molar-refractivity contribution is -0.128. The Hall–Kier alpha value is -1.10. The first-order chi connectivity index (χ1) is 7.44. The van der Waals surface area contributed by atoms with E-state index in [0.717, 1.165) is 25.8 Å². The molecule has 0 aromatic rings. The molecule has 1 aliphatic heterocycles. The highest BCUT2D eigenvalue weighted by Gasteiger charge is 2.34. The Labute approximate surface area is 96.1 Å². The van der Waals surface area contributed by atoms with Crippen LogP contribution in [0.3, 0.4) is 0 Å². The number of nitrogens with one attached hydrogen (secondary N) is 2. The predicted octanol–water partition coefficient (Wildman–Crippen LogP) is -0.101. The van der Waals surface area contributed by atoms with Gasteiger partial charge in [0.05, 0.1) is 5.54 Å². The Bertz CT molecular complexity index is 272. The van der Waals surface area contributed by atoms with Crippen LogP contribution in [0.25, 0.3) is 0 Å². The van der Waals surface area contributed by atoms with E-state index in [1.165, 1.54) is 0 Å². The van der Waals surface area contributed by atoms with Crippen LogP contribution in [0.15, 0.2) is 0 Å². The van der Waals surface area contributed by atoms with Crippen LogP contribution < -0.4 is 16.4 Å². The van der Waals surface area contributed by atoms with Crippen LogP contribution in [0, 0.1) is 0 Å². The molecule has 0 radical (unpaired) electrons. The summed E-state index contributed by atoms with van der Waals surface area (Å²) < 4.78 is 0. The van der Waals surface area contributed by atoms with Gasteiger partial charge in [0.15, 0.2) is 0 Å². The van der Waals surface area contributed by atoms with Crippen LogP contribution in [0.1, 0.15) is 39.5 Å². The van der Waals surface area contributed by atoms with E-state index in [-0.39, 0.29) is 18.4 Å². The van der Waals surface area contributed by atoms with Crippen molar-refractivity contribution in [3.05, 3.63) is 0 Å². The zero-order valence-corrected chi connectivity index (χ0v) is 10.0. The monoisotopic (exact) mass is 227 g/mol. The molecule has 0 aromatic carbocycles. The van der Waals surface area contributed by atoms with Gasteiger partial charge in [0, 0.05) is 12.5 Å². The van der Waals surface area contributed by atoms with Gasteiger partial charge in [0.25, 0.3) is 0 Å². The molecule has 1 heterocycles. The topological polar surface area (TPSA) is 84.2 Å². The zero-order valence-electron chi connectivity index (χ0n) is 10.0. The van der Waals surface area contributed by atoms with Gasteiger partial charge in [-0.2, -0.15) is 0 Å². The van der Waals surface area contributed by atoms with Crippen LogP contribution in [-0.2, 0) is 9.59 Å². The van der Waals surface area contributed by atoms with Gasteiger partial charge in [-0.1, -0.05) is 0 Å². The molecule has 5 heteroatoms. The first-order valence-electron chi connectivity index (χ1n) is 5.78. The highest BCUT2D eigenvalue weighted by molar-refractivity contribution is 5.86. The predicted molar refractivity (Wildman–Crippen MR) is 61.7 cm³/mol. The molecule has 2 amide bonds. The Balaban J connectivity index is 2.47. The SMILES string of the molecule is CC(CC(N)=O)NC(=O)C1(C)CCCCN1. The number of carbonyl (C=O) groups excluding carboxylic acids is 2. The number of carbonyl (C=O) groups is 2. The third-order valence-corrected chi connectivity index (χ3v) is 3.00. The summed E-state index contributed by atoms with van der Waals surface area (Å²) in [5.41, 5.74) is 4.58. The molecule has 1 fully saturated rings. The molecule has 0 spiro atoms. The first-order valence-corrected chi connectivity index (χ1v) is 5.78. The third kappa shape index (κ3) is 3.48. The number of primary amides is 1. The molecule has 16 heavy (non-hydrogen) atoms. The van der Waals surface area contributed by atoms with Gasteiger partial charge in [-0.25, -0.2) is 0 Å². The molecular formula is C11H21N3O2. The summed E-state index contributed by atoms with van der Waals surface area (Å²) in [5, 5.41) is 6.04. The molecule has 4 N–H and O–H groups in total. The van der Waals surface area contributed by atoms with Gasteiger partial charge >= 0.3 is 0 Å². The molecule has 1 saturated heterocycles. The fourth-order valence-electron chi connectivity index (χ4n) is 1.99. The maximum Gasteiger partial charge on any atom is 0.240 e. The quantitative estimate of drug-likeness (QED) is 0.627. The number of piperidine rings is 1. The van der Waals surface area contributed by atoms with E-state index in [4.69, 9.17) is 5.73 Å². The van der Waals surface area contributed by atoms with Crippen LogP contribution in [-0.4, -0.2) is 29.9 Å². The number of amides is 2. The number of hydrogen-bond acceptors (Lipinski definition) is 3. The van der Waals surface area contributed by atoms with Crippen molar-refractivity contribution in [2.45, 2.75) is 51.1 Å². The van der Waals surface area contributed by atoms with Gasteiger partial charge in [-0.05, 0) is 39.7 Å². The van der Waals surface area contributed by atoms with Gasteiger partial charge in [-0.3, -0.25) is 9.59 Å². The minimum atomic E-state index is -0.496. The molecule has 0 aromatic heterocycles. The van der Waals surface area contributed by atoms with Crippen molar-refractivity contribution in [2.75, 3.05) is 6.54 Å². The minimum Gasteiger partial charge on any atom is -0.370 e. The lowest BCUT2D eigenvalue weighted by Gasteiger charge is -2.34. The van der Waals surface area contributed by atoms with Crippen molar-refractivity contribution < 1.29 is 9.59 Å². The zero-order chi connectivity index (χ0) is 12.2. The average molecular weight is 227 g/mol. The Morgan fingerprint density at radius 3 is 2.69 bits per heavy atom. The fourth-order valence-corrected chi connectivity index (χ4v) is 1.99. The average Bonchev–Trinajstić information content (AvgIpc) is 2.17. The van der Waals surface area contributed by atoms with E-state index < -0.39 is 11.4 Å². The van der Waals surface area contributed by atoms with Crippen molar-refractivity contribution in [1.29, 1.82) is 0 Å². The highest BCUT2D eigenvalue weighted by Crippen LogP contribution is 2.18. The van der Waals surface area contributed by atoms with Crippen molar-refractivity contribution in [3.8, 4) is 0 Å². The Morgan fingerprint density at radius 2 is 2.19 bits per heavy atom. The van der Waals surface area contributed by atoms with E-state index >= 15 is 0 Å². The van der Waals surface area contributed by atoms with Crippen LogP contribution in [0.5, 0.6) is 0 Å².